The van der Waals surface area contributed by atoms with Gasteiger partial charge in [-0.05, 0) is 77.0 Å². The fourth-order valence-electron chi connectivity index (χ4n) is 5.36. The van der Waals surface area contributed by atoms with Crippen molar-refractivity contribution in [3.05, 3.63) is 85.1 Å². The number of carbonyl (C=O) groups is 3. The molecule has 7 N–H and O–H groups in total. The number of esters is 2. The maximum Gasteiger partial charge on any atom is 0.472 e. The van der Waals surface area contributed by atoms with E-state index in [0.29, 0.717) is 6.42 Å². The largest absolute Gasteiger partial charge is 0.481 e. The number of aliphatic carboxylic acids is 1. The van der Waals surface area contributed by atoms with E-state index in [1.54, 1.807) is 18.2 Å². The van der Waals surface area contributed by atoms with E-state index in [9.17, 15) is 34.1 Å². The van der Waals surface area contributed by atoms with E-state index in [-0.39, 0.29) is 31.4 Å². The summed E-state index contributed by atoms with van der Waals surface area (Å²) in [5.41, 5.74) is 6.18. The number of hydrogen-bond donors (Lipinski definition) is 6. The van der Waals surface area contributed by atoms with Crippen molar-refractivity contribution in [1.82, 2.24) is 0 Å². The number of hydrogen-bond acceptors (Lipinski definition) is 13. The van der Waals surface area contributed by atoms with Gasteiger partial charge in [-0.15, -0.1) is 11.8 Å². The predicted molar refractivity (Wildman–Crippen MR) is 252 cm³/mol. The zero-order valence-corrected chi connectivity index (χ0v) is 39.4. The van der Waals surface area contributed by atoms with Gasteiger partial charge in [0.15, 0.2) is 6.10 Å². The van der Waals surface area contributed by atoms with Crippen LogP contribution < -0.4 is 5.73 Å². The van der Waals surface area contributed by atoms with Crippen molar-refractivity contribution < 1.29 is 62.8 Å². The molecular weight excluding hydrogens is 850 g/mol. The smallest absolute Gasteiger partial charge is 0.472 e. The zero-order chi connectivity index (χ0) is 46.8. The van der Waals surface area contributed by atoms with Crippen LogP contribution in [0.15, 0.2) is 85.1 Å². The first kappa shape index (κ1) is 59.9. The van der Waals surface area contributed by atoms with E-state index in [1.165, 1.54) is 38.5 Å². The number of rotatable bonds is 41. The monoisotopic (exact) mass is 927 g/mol. The Bertz CT molecular complexity index is 1450. The molecule has 1 unspecified atom stereocenters. The molecule has 0 aromatic heterocycles. The first-order chi connectivity index (χ1) is 30.3. The number of ether oxygens (including phenoxy) is 2. The van der Waals surface area contributed by atoms with Crippen LogP contribution in [0.3, 0.4) is 0 Å². The molecule has 0 aliphatic rings. The second-order valence-electron chi connectivity index (χ2n) is 14.9. The summed E-state index contributed by atoms with van der Waals surface area (Å²) < 4.78 is 32.8. The van der Waals surface area contributed by atoms with Crippen molar-refractivity contribution in [2.24, 2.45) is 5.73 Å². The van der Waals surface area contributed by atoms with Gasteiger partial charge in [-0.2, -0.15) is 0 Å². The lowest BCUT2D eigenvalue weighted by molar-refractivity contribution is -0.161. The number of aliphatic hydroxyl groups excluding tert-OH is 3. The first-order valence-electron chi connectivity index (χ1n) is 22.5. The minimum Gasteiger partial charge on any atom is -0.481 e. The summed E-state index contributed by atoms with van der Waals surface area (Å²) >= 11 is 1.16. The number of nitrogens with two attached hydrogens (primary N) is 1. The topological polar surface area (TPSA) is 232 Å². The van der Waals surface area contributed by atoms with Gasteiger partial charge in [0.25, 0.3) is 0 Å². The molecule has 0 aliphatic carbocycles. The third-order valence-corrected chi connectivity index (χ3v) is 11.4. The lowest BCUT2D eigenvalue weighted by Gasteiger charge is -2.23. The molecule has 0 rings (SSSR count). The Kier molecular flexibility index (Phi) is 39.5. The molecule has 0 aromatic carbocycles. The van der Waals surface area contributed by atoms with Crippen molar-refractivity contribution in [3.63, 3.8) is 0 Å². The normalized spacial score (nSPS) is 15.9. The van der Waals surface area contributed by atoms with Gasteiger partial charge in [-0.1, -0.05) is 125 Å². The van der Waals surface area contributed by atoms with Crippen LogP contribution in [0.5, 0.6) is 0 Å². The molecule has 63 heavy (non-hydrogen) atoms. The minimum atomic E-state index is -4.79. The van der Waals surface area contributed by atoms with Crippen molar-refractivity contribution in [3.8, 4) is 0 Å². The van der Waals surface area contributed by atoms with Gasteiger partial charge < -0.3 is 40.5 Å². The lowest BCUT2D eigenvalue weighted by Crippen LogP contribution is -2.40. The molecule has 0 spiro atoms. The molecule has 0 saturated carbocycles. The summed E-state index contributed by atoms with van der Waals surface area (Å²) in [5, 5.41) is 37.9. The molecule has 0 aliphatic heterocycles. The fourth-order valence-corrected chi connectivity index (χ4v) is 7.28. The fraction of sp³-hybridized carbons (Fsp3) is 0.638. The van der Waals surface area contributed by atoms with Crippen molar-refractivity contribution in [2.75, 3.05) is 32.2 Å². The van der Waals surface area contributed by atoms with Crippen LogP contribution in [0.25, 0.3) is 0 Å². The van der Waals surface area contributed by atoms with Gasteiger partial charge in [0, 0.05) is 23.8 Å². The molecular formula is C47H78NO13PS. The van der Waals surface area contributed by atoms with E-state index in [2.05, 4.69) is 67.0 Å². The van der Waals surface area contributed by atoms with Crippen LogP contribution >= 0.6 is 19.6 Å². The number of unbranched alkanes of at least 4 members (excludes halogenated alkanes) is 8. The Balaban J connectivity index is 5.31. The molecule has 0 bridgehead atoms. The minimum absolute atomic E-state index is 0.0344. The molecule has 360 valence electrons. The third kappa shape index (κ3) is 39.0. The van der Waals surface area contributed by atoms with E-state index in [4.69, 9.17) is 29.9 Å². The van der Waals surface area contributed by atoms with Gasteiger partial charge >= 0.3 is 25.7 Å². The second-order valence-corrected chi connectivity index (χ2v) is 17.6. The Hall–Kier alpha value is -3.11. The van der Waals surface area contributed by atoms with E-state index >= 15 is 0 Å². The summed E-state index contributed by atoms with van der Waals surface area (Å²) in [6.45, 7) is 1.67. The van der Waals surface area contributed by atoms with E-state index in [1.807, 2.05) is 18.2 Å². The highest BCUT2D eigenvalue weighted by molar-refractivity contribution is 8.00. The average Bonchev–Trinajstić information content (AvgIpc) is 3.26. The maximum atomic E-state index is 13.1. The van der Waals surface area contributed by atoms with E-state index in [0.717, 1.165) is 56.7 Å². The first-order valence-corrected chi connectivity index (χ1v) is 25.0. The third-order valence-electron chi connectivity index (χ3n) is 9.02. The quantitative estimate of drug-likeness (QED) is 0.0111. The molecule has 0 heterocycles. The van der Waals surface area contributed by atoms with Crippen molar-refractivity contribution in [2.45, 2.75) is 159 Å². The number of carboxylic acids is 1. The second kappa shape index (κ2) is 41.6. The summed E-state index contributed by atoms with van der Waals surface area (Å²) in [6.07, 6.45) is 38.9. The highest BCUT2D eigenvalue weighted by atomic mass is 32.2. The standard InChI is InChI=1S/C47H78NO13PS/c1-3-5-7-9-11-13-15-17-18-19-21-23-25-27-29-34-46(54)58-37-41(38-60-62(56,57)59-36-40(50)35-49)61-47(55)42(48)39-63-44(43(51)31-30-33-45(52)53)32-28-26-24-22-20-16-14-12-10-8-6-4-2/h11-14,17-18,20-24,26,28,32,40-44,49-51H,3-10,15-16,19,25,27,29-31,33-39,48H2,1-2H3,(H,52,53)(H,56,57)/b13-11-,14-12-,18-17-,22-20-,23-21-,26-24+,32-28+/t40-,41+,42-,43-,44+/m0/s1. The van der Waals surface area contributed by atoms with Crippen LogP contribution in [0.1, 0.15) is 129 Å². The number of carbonyl (C=O) groups excluding carboxylic acids is 2. The summed E-state index contributed by atoms with van der Waals surface area (Å²) in [7, 11) is -4.79. The van der Waals surface area contributed by atoms with Gasteiger partial charge in [-0.25, -0.2) is 4.57 Å². The highest BCUT2D eigenvalue weighted by Gasteiger charge is 2.29. The number of phosphoric acid groups is 1. The SMILES string of the molecule is CCCCC/C=C\C\C=C/C=C/C=C/[C@@H](SC[C@H](N)C(=O)O[C@H](COC(=O)CCCC/C=C\C/C=C\C/C=C\CCCCC)COP(=O)(O)OC[C@@H](O)CO)[C@@H](O)CCCC(=O)O. The molecule has 0 fully saturated rings. The Morgan fingerprint density at radius 1 is 0.698 bits per heavy atom. The molecule has 6 atom stereocenters. The van der Waals surface area contributed by atoms with Gasteiger partial charge in [-0.3, -0.25) is 23.4 Å². The Morgan fingerprint density at radius 3 is 1.84 bits per heavy atom. The van der Waals surface area contributed by atoms with Crippen molar-refractivity contribution in [1.29, 1.82) is 0 Å². The average molecular weight is 928 g/mol. The molecule has 0 radical (unpaired) electrons. The molecule has 0 amide bonds. The van der Waals surface area contributed by atoms with Gasteiger partial charge in [0.1, 0.15) is 18.8 Å². The van der Waals surface area contributed by atoms with Gasteiger partial charge in [0.05, 0.1) is 25.9 Å². The predicted octanol–water partition coefficient (Wildman–Crippen LogP) is 8.76. The Labute approximate surface area is 381 Å². The molecule has 16 heteroatoms. The molecule has 14 nitrogen and oxygen atoms in total. The van der Waals surface area contributed by atoms with Crippen molar-refractivity contribution >= 4 is 37.5 Å². The van der Waals surface area contributed by atoms with Crippen LogP contribution in [0.2, 0.25) is 0 Å². The summed E-state index contributed by atoms with van der Waals surface area (Å²) in [6, 6.07) is -1.25. The number of aliphatic hydroxyl groups is 3. The number of phosphoric ester groups is 1. The number of allylic oxidation sites excluding steroid dienone is 13. The number of carboxylic acid groups (broad SMARTS) is 1. The van der Waals surface area contributed by atoms with E-state index < -0.39 is 81.8 Å². The van der Waals surface area contributed by atoms with Crippen LogP contribution in [0, 0.1) is 0 Å². The lowest BCUT2D eigenvalue weighted by atomic mass is 10.1. The number of thioether (sulfide) groups is 1. The summed E-state index contributed by atoms with van der Waals surface area (Å²) in [5.74, 6) is -2.53. The Morgan fingerprint density at radius 2 is 1.25 bits per heavy atom. The van der Waals surface area contributed by atoms with Crippen LogP contribution in [-0.2, 0) is 37.5 Å². The maximum absolute atomic E-state index is 13.1. The van der Waals surface area contributed by atoms with Gasteiger partial charge in [0.2, 0.25) is 0 Å². The van der Waals surface area contributed by atoms with Crippen LogP contribution in [0.4, 0.5) is 0 Å². The summed E-state index contributed by atoms with van der Waals surface area (Å²) in [4.78, 5) is 46.8. The van der Waals surface area contributed by atoms with Crippen LogP contribution in [-0.4, -0.2) is 105 Å². The zero-order valence-electron chi connectivity index (χ0n) is 37.7. The molecule has 0 aromatic rings. The highest BCUT2D eigenvalue weighted by Crippen LogP contribution is 2.43. The molecule has 0 saturated heterocycles.